The molecule has 0 aliphatic heterocycles. The van der Waals surface area contributed by atoms with Crippen molar-refractivity contribution in [1.82, 2.24) is 15.3 Å². The highest BCUT2D eigenvalue weighted by Crippen LogP contribution is 2.10. The van der Waals surface area contributed by atoms with Crippen LogP contribution < -0.4 is 5.32 Å². The minimum absolute atomic E-state index is 0.177. The van der Waals surface area contributed by atoms with Crippen LogP contribution in [0.25, 0.3) is 0 Å². The summed E-state index contributed by atoms with van der Waals surface area (Å²) in [7, 11) is 0. The molecule has 1 heterocycles. The molecule has 5 nitrogen and oxygen atoms in total. The Balaban J connectivity index is 2.04. The predicted octanol–water partition coefficient (Wildman–Crippen LogP) is 1.03. The molecule has 0 unspecified atom stereocenters. The molecule has 0 aliphatic rings. The van der Waals surface area contributed by atoms with Crippen molar-refractivity contribution < 1.29 is 9.90 Å². The molecule has 0 saturated heterocycles. The van der Waals surface area contributed by atoms with Crippen LogP contribution in [-0.4, -0.2) is 34.1 Å². The number of aromatic amines is 1. The summed E-state index contributed by atoms with van der Waals surface area (Å²) < 4.78 is 0. The van der Waals surface area contributed by atoms with Crippen molar-refractivity contribution in [1.29, 1.82) is 0 Å². The second-order valence-corrected chi connectivity index (χ2v) is 4.55. The Morgan fingerprint density at radius 3 is 3.05 bits per heavy atom. The molecular formula is C16H17N3O2. The number of imidazole rings is 1. The standard InChI is InChI=1S/C16H17N3O2/c1-12-4-5-14(13(11-12)3-2-10-20)16(21)19-7-6-15-17-8-9-18-15/h4-5,8-9,11,20H,6-7,10H2,1H3,(H,17,18)(H,19,21). The first-order chi connectivity index (χ1) is 10.2. The zero-order chi connectivity index (χ0) is 15.1. The lowest BCUT2D eigenvalue weighted by Gasteiger charge is -2.07. The summed E-state index contributed by atoms with van der Waals surface area (Å²) in [6.07, 6.45) is 4.07. The molecule has 21 heavy (non-hydrogen) atoms. The number of nitrogens with zero attached hydrogens (tertiary/aromatic N) is 1. The van der Waals surface area contributed by atoms with Crippen LogP contribution in [0.15, 0.2) is 30.6 Å². The van der Waals surface area contributed by atoms with Crippen molar-refractivity contribution in [3.63, 3.8) is 0 Å². The maximum Gasteiger partial charge on any atom is 0.252 e. The molecule has 1 amide bonds. The molecule has 0 atom stereocenters. The molecule has 1 aromatic heterocycles. The Hall–Kier alpha value is -2.58. The number of hydrogen-bond acceptors (Lipinski definition) is 3. The number of hydrogen-bond donors (Lipinski definition) is 3. The largest absolute Gasteiger partial charge is 0.384 e. The number of aliphatic hydroxyl groups excluding tert-OH is 1. The number of benzene rings is 1. The molecule has 0 radical (unpaired) electrons. The zero-order valence-corrected chi connectivity index (χ0v) is 11.8. The van der Waals surface area contributed by atoms with Gasteiger partial charge in [-0.3, -0.25) is 4.79 Å². The molecule has 0 bridgehead atoms. The van der Waals surface area contributed by atoms with Crippen molar-refractivity contribution in [2.75, 3.05) is 13.2 Å². The fraction of sp³-hybridized carbons (Fsp3) is 0.250. The second-order valence-electron chi connectivity index (χ2n) is 4.55. The Kier molecular flexibility index (Phi) is 5.13. The normalized spacial score (nSPS) is 9.81. The summed E-state index contributed by atoms with van der Waals surface area (Å²) >= 11 is 0. The summed E-state index contributed by atoms with van der Waals surface area (Å²) in [5.41, 5.74) is 2.16. The number of H-pyrrole nitrogens is 1. The third kappa shape index (κ3) is 4.20. The van der Waals surface area contributed by atoms with E-state index in [0.717, 1.165) is 11.4 Å². The summed E-state index contributed by atoms with van der Waals surface area (Å²) in [6, 6.07) is 5.45. The Labute approximate surface area is 123 Å². The van der Waals surface area contributed by atoms with Gasteiger partial charge in [0.25, 0.3) is 5.91 Å². The number of amides is 1. The van der Waals surface area contributed by atoms with Crippen LogP contribution in [-0.2, 0) is 6.42 Å². The lowest BCUT2D eigenvalue weighted by atomic mass is 10.0. The van der Waals surface area contributed by atoms with Crippen LogP contribution in [0.5, 0.6) is 0 Å². The first-order valence-corrected chi connectivity index (χ1v) is 6.67. The molecule has 0 fully saturated rings. The predicted molar refractivity (Wildman–Crippen MR) is 79.8 cm³/mol. The molecule has 0 spiro atoms. The number of nitrogens with one attached hydrogen (secondary N) is 2. The number of carbonyl (C=O) groups excluding carboxylic acids is 1. The quantitative estimate of drug-likeness (QED) is 0.734. The molecule has 0 saturated carbocycles. The maximum absolute atomic E-state index is 12.2. The molecule has 108 valence electrons. The molecule has 5 heteroatoms. The van der Waals surface area contributed by atoms with Gasteiger partial charge in [-0.15, -0.1) is 0 Å². The number of aliphatic hydroxyl groups is 1. The summed E-state index contributed by atoms with van der Waals surface area (Å²) in [5, 5.41) is 11.6. The van der Waals surface area contributed by atoms with E-state index in [1.165, 1.54) is 0 Å². The molecule has 2 aromatic rings. The van der Waals surface area contributed by atoms with E-state index >= 15 is 0 Å². The molecule has 3 N–H and O–H groups in total. The van der Waals surface area contributed by atoms with Gasteiger partial charge in [0, 0.05) is 30.9 Å². The van der Waals surface area contributed by atoms with Gasteiger partial charge in [-0.1, -0.05) is 17.9 Å². The highest BCUT2D eigenvalue weighted by Gasteiger charge is 2.10. The summed E-state index contributed by atoms with van der Waals surface area (Å²) in [4.78, 5) is 19.3. The van der Waals surface area contributed by atoms with E-state index in [9.17, 15) is 4.79 Å². The number of aromatic nitrogens is 2. The highest BCUT2D eigenvalue weighted by atomic mass is 16.2. The van der Waals surface area contributed by atoms with Crippen LogP contribution in [0.1, 0.15) is 27.3 Å². The van der Waals surface area contributed by atoms with E-state index in [0.29, 0.717) is 24.1 Å². The first kappa shape index (κ1) is 14.8. The number of aryl methyl sites for hydroxylation is 1. The highest BCUT2D eigenvalue weighted by molar-refractivity contribution is 5.96. The smallest absolute Gasteiger partial charge is 0.252 e. The van der Waals surface area contributed by atoms with Crippen LogP contribution >= 0.6 is 0 Å². The average Bonchev–Trinajstić information content (AvgIpc) is 2.98. The van der Waals surface area contributed by atoms with E-state index in [-0.39, 0.29) is 12.5 Å². The monoisotopic (exact) mass is 283 g/mol. The number of carbonyl (C=O) groups is 1. The van der Waals surface area contributed by atoms with Gasteiger partial charge in [-0.25, -0.2) is 4.98 Å². The van der Waals surface area contributed by atoms with Crippen LogP contribution in [0, 0.1) is 18.8 Å². The van der Waals surface area contributed by atoms with E-state index < -0.39 is 0 Å². The van der Waals surface area contributed by atoms with Gasteiger partial charge in [-0.05, 0) is 24.6 Å². The molecule has 0 aliphatic carbocycles. The summed E-state index contributed by atoms with van der Waals surface area (Å²) in [6.45, 7) is 2.20. The first-order valence-electron chi connectivity index (χ1n) is 6.67. The lowest BCUT2D eigenvalue weighted by Crippen LogP contribution is -2.26. The third-order valence-electron chi connectivity index (χ3n) is 2.92. The fourth-order valence-corrected chi connectivity index (χ4v) is 1.92. The van der Waals surface area contributed by atoms with Crippen molar-refractivity contribution in [3.8, 4) is 11.8 Å². The van der Waals surface area contributed by atoms with Crippen LogP contribution in [0.4, 0.5) is 0 Å². The molecular weight excluding hydrogens is 266 g/mol. The average molecular weight is 283 g/mol. The zero-order valence-electron chi connectivity index (χ0n) is 11.8. The van der Waals surface area contributed by atoms with Crippen LogP contribution in [0.3, 0.4) is 0 Å². The fourth-order valence-electron chi connectivity index (χ4n) is 1.92. The van der Waals surface area contributed by atoms with Crippen molar-refractivity contribution >= 4 is 5.91 Å². The van der Waals surface area contributed by atoms with Gasteiger partial charge in [0.15, 0.2) is 0 Å². The third-order valence-corrected chi connectivity index (χ3v) is 2.92. The van der Waals surface area contributed by atoms with E-state index in [1.54, 1.807) is 18.5 Å². The maximum atomic E-state index is 12.2. The van der Waals surface area contributed by atoms with Crippen molar-refractivity contribution in [2.45, 2.75) is 13.3 Å². The van der Waals surface area contributed by atoms with Crippen molar-refractivity contribution in [2.24, 2.45) is 0 Å². The Morgan fingerprint density at radius 1 is 1.48 bits per heavy atom. The minimum atomic E-state index is -0.229. The minimum Gasteiger partial charge on any atom is -0.384 e. The van der Waals surface area contributed by atoms with Crippen LogP contribution in [0.2, 0.25) is 0 Å². The van der Waals surface area contributed by atoms with E-state index in [2.05, 4.69) is 27.1 Å². The van der Waals surface area contributed by atoms with Crippen molar-refractivity contribution in [3.05, 3.63) is 53.1 Å². The molecule has 2 rings (SSSR count). The Morgan fingerprint density at radius 2 is 2.33 bits per heavy atom. The second kappa shape index (κ2) is 7.27. The summed E-state index contributed by atoms with van der Waals surface area (Å²) in [5.74, 6) is 6.04. The number of rotatable bonds is 4. The topological polar surface area (TPSA) is 78.0 Å². The Bertz CT molecular complexity index is 667. The van der Waals surface area contributed by atoms with Gasteiger partial charge in [0.1, 0.15) is 12.4 Å². The van der Waals surface area contributed by atoms with Gasteiger partial charge in [-0.2, -0.15) is 0 Å². The molecule has 1 aromatic carbocycles. The SMILES string of the molecule is Cc1ccc(C(=O)NCCc2ncc[nH]2)c(C#CCO)c1. The van der Waals surface area contributed by atoms with Gasteiger partial charge in [0.2, 0.25) is 0 Å². The van der Waals surface area contributed by atoms with Gasteiger partial charge in [0.05, 0.1) is 5.56 Å². The van der Waals surface area contributed by atoms with E-state index in [1.807, 2.05) is 19.1 Å². The van der Waals surface area contributed by atoms with Gasteiger partial charge >= 0.3 is 0 Å². The van der Waals surface area contributed by atoms with E-state index in [4.69, 9.17) is 5.11 Å². The lowest BCUT2D eigenvalue weighted by molar-refractivity contribution is 0.0954. The van der Waals surface area contributed by atoms with Gasteiger partial charge < -0.3 is 15.4 Å².